The van der Waals surface area contributed by atoms with Crippen molar-refractivity contribution in [2.24, 2.45) is 0 Å². The lowest BCUT2D eigenvalue weighted by Crippen LogP contribution is -2.09. The molecule has 0 N–H and O–H groups in total. The summed E-state index contributed by atoms with van der Waals surface area (Å²) < 4.78 is 15.0. The summed E-state index contributed by atoms with van der Waals surface area (Å²) in [6.45, 7) is 0. The van der Waals surface area contributed by atoms with Gasteiger partial charge in [-0.05, 0) is 107 Å². The molecule has 3 heterocycles. The minimum Gasteiger partial charge on any atom is -0.456 e. The molecule has 272 valence electrons. The first kappa shape index (κ1) is 32.4. The standard InChI is InChI=1S/C54H34N2O2/c1-2-13-39(14-3-1)55(41-26-28-46-44-16-5-8-19-51(44)57-53(46)33-41)40-24-21-35(22-25-40)36-11-10-12-37(31-36)38-23-30-50-48(32-38)43-15-4-7-18-49(43)56(50)42-27-29-47-45-17-6-9-20-52(45)58-54(47)34-42/h1-34H. The fourth-order valence-corrected chi connectivity index (χ4v) is 8.84. The van der Waals surface area contributed by atoms with Gasteiger partial charge in [0.2, 0.25) is 0 Å². The maximum atomic E-state index is 6.30. The van der Waals surface area contributed by atoms with E-state index in [0.717, 1.165) is 77.7 Å². The number of nitrogens with zero attached hydrogens (tertiary/aromatic N) is 2. The van der Waals surface area contributed by atoms with Gasteiger partial charge >= 0.3 is 0 Å². The van der Waals surface area contributed by atoms with Gasteiger partial charge in [0.05, 0.1) is 11.0 Å². The van der Waals surface area contributed by atoms with E-state index in [9.17, 15) is 0 Å². The average molecular weight is 743 g/mol. The van der Waals surface area contributed by atoms with Gasteiger partial charge in [0, 0.05) is 67.2 Å². The van der Waals surface area contributed by atoms with Crippen LogP contribution >= 0.6 is 0 Å². The van der Waals surface area contributed by atoms with Crippen LogP contribution in [0.3, 0.4) is 0 Å². The van der Waals surface area contributed by atoms with Crippen molar-refractivity contribution in [3.63, 3.8) is 0 Å². The number of benzene rings is 9. The number of fused-ring (bicyclic) bond motifs is 9. The molecule has 0 saturated heterocycles. The van der Waals surface area contributed by atoms with E-state index >= 15 is 0 Å². The van der Waals surface area contributed by atoms with Crippen LogP contribution in [-0.2, 0) is 0 Å². The van der Waals surface area contributed by atoms with Gasteiger partial charge in [-0.2, -0.15) is 0 Å². The lowest BCUT2D eigenvalue weighted by Gasteiger charge is -2.25. The quantitative estimate of drug-likeness (QED) is 0.170. The normalized spacial score (nSPS) is 11.8. The van der Waals surface area contributed by atoms with E-state index in [2.05, 4.69) is 191 Å². The maximum absolute atomic E-state index is 6.30. The van der Waals surface area contributed by atoms with Crippen LogP contribution in [0.4, 0.5) is 17.1 Å². The van der Waals surface area contributed by atoms with Crippen molar-refractivity contribution < 1.29 is 8.83 Å². The smallest absolute Gasteiger partial charge is 0.137 e. The van der Waals surface area contributed by atoms with Crippen LogP contribution in [0.2, 0.25) is 0 Å². The van der Waals surface area contributed by atoms with Gasteiger partial charge in [0.25, 0.3) is 0 Å². The van der Waals surface area contributed by atoms with E-state index in [-0.39, 0.29) is 0 Å². The van der Waals surface area contributed by atoms with Crippen LogP contribution in [-0.4, -0.2) is 4.57 Å². The summed E-state index contributed by atoms with van der Waals surface area (Å²) in [5.74, 6) is 0. The lowest BCUT2D eigenvalue weighted by molar-refractivity contribution is 0.668. The Morgan fingerprint density at radius 3 is 1.59 bits per heavy atom. The van der Waals surface area contributed by atoms with Crippen molar-refractivity contribution in [1.82, 2.24) is 4.57 Å². The number of hydrogen-bond donors (Lipinski definition) is 0. The van der Waals surface area contributed by atoms with Gasteiger partial charge in [-0.3, -0.25) is 0 Å². The molecule has 0 saturated carbocycles. The van der Waals surface area contributed by atoms with E-state index in [1.54, 1.807) is 0 Å². The minimum atomic E-state index is 0.875. The molecule has 0 aliphatic heterocycles. The largest absolute Gasteiger partial charge is 0.456 e. The molecule has 12 rings (SSSR count). The number of para-hydroxylation sites is 4. The summed E-state index contributed by atoms with van der Waals surface area (Å²) in [4.78, 5) is 2.28. The predicted molar refractivity (Wildman–Crippen MR) is 241 cm³/mol. The zero-order chi connectivity index (χ0) is 38.2. The molecule has 4 nitrogen and oxygen atoms in total. The summed E-state index contributed by atoms with van der Waals surface area (Å²) >= 11 is 0. The molecule has 3 aromatic heterocycles. The SMILES string of the molecule is c1ccc(N(c2ccc(-c3cccc(-c4ccc5c(c4)c4ccccc4n5-c4ccc5c(c4)oc4ccccc45)c3)cc2)c2ccc3c(c2)oc2ccccc23)cc1. The molecule has 58 heavy (non-hydrogen) atoms. The second-order valence-corrected chi connectivity index (χ2v) is 14.9. The van der Waals surface area contributed by atoms with Gasteiger partial charge in [0.15, 0.2) is 0 Å². The molecule has 0 radical (unpaired) electrons. The second kappa shape index (κ2) is 12.9. The number of furan rings is 2. The summed E-state index contributed by atoms with van der Waals surface area (Å²) in [6.07, 6.45) is 0. The Kier molecular flexibility index (Phi) is 7.20. The molecule has 0 atom stereocenters. The van der Waals surface area contributed by atoms with E-state index in [1.807, 2.05) is 24.3 Å². The van der Waals surface area contributed by atoms with E-state index in [4.69, 9.17) is 8.83 Å². The van der Waals surface area contributed by atoms with Crippen LogP contribution in [0, 0.1) is 0 Å². The molecule has 0 aliphatic carbocycles. The Labute approximate surface area is 334 Å². The first-order valence-electron chi connectivity index (χ1n) is 19.7. The van der Waals surface area contributed by atoms with Crippen molar-refractivity contribution in [3.05, 3.63) is 206 Å². The lowest BCUT2D eigenvalue weighted by atomic mass is 9.97. The van der Waals surface area contributed by atoms with Crippen molar-refractivity contribution in [2.75, 3.05) is 4.90 Å². The minimum absolute atomic E-state index is 0.875. The Hall–Kier alpha value is -7.82. The third-order valence-electron chi connectivity index (χ3n) is 11.6. The van der Waals surface area contributed by atoms with Crippen LogP contribution in [0.15, 0.2) is 215 Å². The molecule has 0 fully saturated rings. The molecule has 0 unspecified atom stereocenters. The van der Waals surface area contributed by atoms with Crippen LogP contribution in [0.1, 0.15) is 0 Å². The molecule has 9 aromatic carbocycles. The van der Waals surface area contributed by atoms with E-state index in [0.29, 0.717) is 0 Å². The predicted octanol–water partition coefficient (Wildman–Crippen LogP) is 15.4. The highest BCUT2D eigenvalue weighted by Crippen LogP contribution is 2.41. The van der Waals surface area contributed by atoms with Gasteiger partial charge in [-0.25, -0.2) is 0 Å². The van der Waals surface area contributed by atoms with Gasteiger partial charge in [-0.15, -0.1) is 0 Å². The third-order valence-corrected chi connectivity index (χ3v) is 11.6. The fraction of sp³-hybridized carbons (Fsp3) is 0. The number of rotatable bonds is 6. The first-order valence-corrected chi connectivity index (χ1v) is 19.7. The summed E-state index contributed by atoms with van der Waals surface area (Å²) in [6, 6.07) is 73.3. The second-order valence-electron chi connectivity index (χ2n) is 14.9. The Morgan fingerprint density at radius 1 is 0.293 bits per heavy atom. The van der Waals surface area contributed by atoms with Crippen LogP contribution in [0.25, 0.3) is 93.6 Å². The summed E-state index contributed by atoms with van der Waals surface area (Å²) in [7, 11) is 0. The number of aromatic nitrogens is 1. The number of hydrogen-bond acceptors (Lipinski definition) is 3. The van der Waals surface area contributed by atoms with E-state index < -0.39 is 0 Å². The zero-order valence-corrected chi connectivity index (χ0v) is 31.3. The Morgan fingerprint density at radius 2 is 0.828 bits per heavy atom. The molecule has 12 aromatic rings. The average Bonchev–Trinajstić information content (AvgIpc) is 3.96. The molecule has 4 heteroatoms. The molecule has 0 aliphatic rings. The molecular weight excluding hydrogens is 709 g/mol. The molecular formula is C54H34N2O2. The summed E-state index contributed by atoms with van der Waals surface area (Å²) in [5, 5.41) is 6.96. The highest BCUT2D eigenvalue weighted by molar-refractivity contribution is 6.11. The van der Waals surface area contributed by atoms with Crippen molar-refractivity contribution in [3.8, 4) is 27.9 Å². The van der Waals surface area contributed by atoms with Crippen molar-refractivity contribution in [2.45, 2.75) is 0 Å². The maximum Gasteiger partial charge on any atom is 0.137 e. The first-order chi connectivity index (χ1) is 28.7. The number of anilines is 3. The van der Waals surface area contributed by atoms with Crippen molar-refractivity contribution in [1.29, 1.82) is 0 Å². The van der Waals surface area contributed by atoms with Crippen LogP contribution in [0.5, 0.6) is 0 Å². The third kappa shape index (κ3) is 5.16. The van der Waals surface area contributed by atoms with Crippen LogP contribution < -0.4 is 4.90 Å². The topological polar surface area (TPSA) is 34.5 Å². The van der Waals surface area contributed by atoms with Crippen molar-refractivity contribution >= 4 is 82.7 Å². The zero-order valence-electron chi connectivity index (χ0n) is 31.3. The van der Waals surface area contributed by atoms with Gasteiger partial charge in [-0.1, -0.05) is 109 Å². The summed E-state index contributed by atoms with van der Waals surface area (Å²) in [5.41, 5.74) is 14.9. The molecule has 0 spiro atoms. The Balaban J connectivity index is 0.904. The van der Waals surface area contributed by atoms with E-state index in [1.165, 1.54) is 33.0 Å². The fourth-order valence-electron chi connectivity index (χ4n) is 8.84. The highest BCUT2D eigenvalue weighted by Gasteiger charge is 2.18. The Bertz CT molecular complexity index is 3520. The molecule has 0 amide bonds. The highest BCUT2D eigenvalue weighted by atomic mass is 16.3. The monoisotopic (exact) mass is 742 g/mol. The van der Waals surface area contributed by atoms with Gasteiger partial charge in [0.1, 0.15) is 22.3 Å². The molecule has 0 bridgehead atoms. The van der Waals surface area contributed by atoms with Gasteiger partial charge < -0.3 is 18.3 Å².